The molecule has 11 heteroatoms. The Kier molecular flexibility index (Phi) is 8.99. The van der Waals surface area contributed by atoms with Crippen LogP contribution in [-0.2, 0) is 26.9 Å². The molecule has 0 N–H and O–H groups in total. The van der Waals surface area contributed by atoms with Crippen molar-refractivity contribution in [3.8, 4) is 11.8 Å². The summed E-state index contributed by atoms with van der Waals surface area (Å²) in [5.41, 5.74) is -1.72. The molecular weight excluding hydrogens is 519 g/mol. The number of methoxy groups -OCH3 is 1. The summed E-state index contributed by atoms with van der Waals surface area (Å²) in [6, 6.07) is 12.2. The third-order valence-corrected chi connectivity index (χ3v) is 6.68. The molecule has 0 bridgehead atoms. The highest BCUT2D eigenvalue weighted by Gasteiger charge is 2.49. The number of hydrogen-bond acceptors (Lipinski definition) is 6. The van der Waals surface area contributed by atoms with Gasteiger partial charge in [-0.05, 0) is 81.2 Å². The highest BCUT2D eigenvalue weighted by atomic mass is 32.1. The van der Waals surface area contributed by atoms with Gasteiger partial charge in [0.25, 0.3) is 5.91 Å². The number of esters is 1. The van der Waals surface area contributed by atoms with Crippen LogP contribution in [0, 0.1) is 11.3 Å². The van der Waals surface area contributed by atoms with Gasteiger partial charge in [-0.1, -0.05) is 12.1 Å². The Balaban J connectivity index is 1.67. The van der Waals surface area contributed by atoms with E-state index in [0.717, 1.165) is 22.6 Å². The van der Waals surface area contributed by atoms with Crippen LogP contribution in [0.3, 0.4) is 0 Å². The number of ether oxygens (including phenoxy) is 2. The van der Waals surface area contributed by atoms with E-state index in [1.54, 1.807) is 24.8 Å². The summed E-state index contributed by atoms with van der Waals surface area (Å²) in [5, 5.41) is 9.18. The SMILES string of the molecule is COC(=O)CCCOc1cccc(CCCN2C(=S)N(c3ccc(C#N)c(C(F)(F)F)c3)C(=O)C2(C)C)c1. The number of thiocarbonyl (C=S) groups is 1. The van der Waals surface area contributed by atoms with Gasteiger partial charge in [0.05, 0.1) is 36.6 Å². The fourth-order valence-electron chi connectivity index (χ4n) is 4.18. The zero-order valence-corrected chi connectivity index (χ0v) is 22.1. The highest BCUT2D eigenvalue weighted by molar-refractivity contribution is 7.80. The van der Waals surface area contributed by atoms with Crippen molar-refractivity contribution in [3.05, 3.63) is 59.2 Å². The lowest BCUT2D eigenvalue weighted by Gasteiger charge is -2.29. The number of halogens is 3. The van der Waals surface area contributed by atoms with Crippen LogP contribution < -0.4 is 9.64 Å². The van der Waals surface area contributed by atoms with Crippen LogP contribution in [0.5, 0.6) is 5.75 Å². The quantitative estimate of drug-likeness (QED) is 0.228. The number of carbonyl (C=O) groups excluding carboxylic acids is 2. The zero-order valence-electron chi connectivity index (χ0n) is 21.3. The number of nitriles is 1. The molecule has 0 aromatic heterocycles. The Labute approximate surface area is 224 Å². The molecule has 1 saturated heterocycles. The monoisotopic (exact) mass is 547 g/mol. The molecule has 1 heterocycles. The third-order valence-electron chi connectivity index (χ3n) is 6.28. The van der Waals surface area contributed by atoms with Gasteiger partial charge in [-0.2, -0.15) is 18.4 Å². The van der Waals surface area contributed by atoms with Crippen molar-refractivity contribution in [1.82, 2.24) is 4.90 Å². The predicted octanol–water partition coefficient (Wildman–Crippen LogP) is 5.25. The number of aryl methyl sites for hydroxylation is 1. The van der Waals surface area contributed by atoms with Crippen LogP contribution >= 0.6 is 12.2 Å². The molecule has 0 radical (unpaired) electrons. The minimum absolute atomic E-state index is 0.0288. The summed E-state index contributed by atoms with van der Waals surface area (Å²) in [7, 11) is 1.34. The van der Waals surface area contributed by atoms with Gasteiger partial charge in [-0.15, -0.1) is 0 Å². The van der Waals surface area contributed by atoms with Crippen LogP contribution in [0.25, 0.3) is 0 Å². The van der Waals surface area contributed by atoms with E-state index in [1.807, 2.05) is 24.3 Å². The maximum atomic E-state index is 13.5. The molecule has 0 atom stereocenters. The van der Waals surface area contributed by atoms with Gasteiger partial charge >= 0.3 is 12.1 Å². The van der Waals surface area contributed by atoms with Gasteiger partial charge in [0.1, 0.15) is 11.3 Å². The Morgan fingerprint density at radius 3 is 2.55 bits per heavy atom. The Bertz CT molecular complexity index is 1260. The summed E-state index contributed by atoms with van der Waals surface area (Å²) in [6.07, 6.45) is -2.67. The zero-order chi connectivity index (χ0) is 28.1. The second-order valence-electron chi connectivity index (χ2n) is 9.25. The Morgan fingerprint density at radius 1 is 1.16 bits per heavy atom. The van der Waals surface area contributed by atoms with Crippen LogP contribution in [0.4, 0.5) is 18.9 Å². The second kappa shape index (κ2) is 11.8. The van der Waals surface area contributed by atoms with Crippen molar-refractivity contribution in [2.45, 2.75) is 51.2 Å². The molecule has 0 unspecified atom stereocenters. The van der Waals surface area contributed by atoms with Crippen molar-refractivity contribution in [1.29, 1.82) is 5.26 Å². The summed E-state index contributed by atoms with van der Waals surface area (Å²) in [6.45, 7) is 4.14. The first-order valence-electron chi connectivity index (χ1n) is 12.0. The summed E-state index contributed by atoms with van der Waals surface area (Å²) >= 11 is 5.54. The molecule has 0 saturated carbocycles. The first kappa shape index (κ1) is 28.9. The number of anilines is 1. The van der Waals surface area contributed by atoms with Crippen LogP contribution in [0.2, 0.25) is 0 Å². The molecule has 38 heavy (non-hydrogen) atoms. The van der Waals surface area contributed by atoms with Crippen molar-refractivity contribution in [2.75, 3.05) is 25.2 Å². The van der Waals surface area contributed by atoms with Gasteiger partial charge in [-0.3, -0.25) is 14.5 Å². The number of nitrogens with zero attached hydrogens (tertiary/aromatic N) is 3. The van der Waals surface area contributed by atoms with Crippen LogP contribution in [0.15, 0.2) is 42.5 Å². The van der Waals surface area contributed by atoms with Crippen molar-refractivity contribution >= 4 is 34.9 Å². The van der Waals surface area contributed by atoms with Crippen LogP contribution in [0.1, 0.15) is 49.8 Å². The minimum atomic E-state index is -4.75. The van der Waals surface area contributed by atoms with E-state index in [0.29, 0.717) is 38.2 Å². The van der Waals surface area contributed by atoms with Gasteiger partial charge in [0.15, 0.2) is 5.11 Å². The van der Waals surface area contributed by atoms with Crippen LogP contribution in [-0.4, -0.2) is 47.7 Å². The lowest BCUT2D eigenvalue weighted by molar-refractivity contribution is -0.141. The van der Waals surface area contributed by atoms with E-state index in [2.05, 4.69) is 4.74 Å². The first-order chi connectivity index (χ1) is 17.9. The van der Waals surface area contributed by atoms with E-state index in [4.69, 9.17) is 22.2 Å². The average Bonchev–Trinajstić information content (AvgIpc) is 3.04. The van der Waals surface area contributed by atoms with Gasteiger partial charge in [-0.25, -0.2) is 0 Å². The smallest absolute Gasteiger partial charge is 0.417 e. The van der Waals surface area contributed by atoms with Gasteiger partial charge in [0.2, 0.25) is 0 Å². The van der Waals surface area contributed by atoms with Crippen molar-refractivity contribution in [3.63, 3.8) is 0 Å². The molecule has 1 fully saturated rings. The first-order valence-corrected chi connectivity index (χ1v) is 12.4. The predicted molar refractivity (Wildman–Crippen MR) is 139 cm³/mol. The number of amides is 1. The van der Waals surface area contributed by atoms with Gasteiger partial charge < -0.3 is 14.4 Å². The lowest BCUT2D eigenvalue weighted by Crippen LogP contribution is -2.44. The molecule has 0 spiro atoms. The molecule has 1 aliphatic rings. The maximum absolute atomic E-state index is 13.5. The number of benzene rings is 2. The van der Waals surface area contributed by atoms with Crippen molar-refractivity contribution < 1.29 is 32.2 Å². The molecular formula is C27H28F3N3O4S. The molecule has 0 aliphatic carbocycles. The third kappa shape index (κ3) is 6.42. The minimum Gasteiger partial charge on any atom is -0.494 e. The van der Waals surface area contributed by atoms with Crippen molar-refractivity contribution in [2.24, 2.45) is 0 Å². The normalized spacial score (nSPS) is 15.0. The van der Waals surface area contributed by atoms with E-state index in [-0.39, 0.29) is 23.2 Å². The van der Waals surface area contributed by atoms with Gasteiger partial charge in [0, 0.05) is 13.0 Å². The fourth-order valence-corrected chi connectivity index (χ4v) is 4.69. The van der Waals surface area contributed by atoms with E-state index in [9.17, 15) is 22.8 Å². The molecule has 202 valence electrons. The molecule has 2 aromatic carbocycles. The molecule has 7 nitrogen and oxygen atoms in total. The largest absolute Gasteiger partial charge is 0.494 e. The summed E-state index contributed by atoms with van der Waals surface area (Å²) in [5.74, 6) is -0.0585. The van der Waals surface area contributed by atoms with E-state index < -0.39 is 28.7 Å². The van der Waals surface area contributed by atoms with E-state index in [1.165, 1.54) is 13.2 Å². The Morgan fingerprint density at radius 2 is 1.89 bits per heavy atom. The van der Waals surface area contributed by atoms with E-state index >= 15 is 0 Å². The standard InChI is InChI=1S/C27H28F3N3O4S/c1-26(2)24(35)33(20-12-11-19(17-31)22(16-20)27(28,29)30)25(38)32(26)13-5-8-18-7-4-9-21(15-18)37-14-6-10-23(34)36-3/h4,7,9,11-12,15-16H,5-6,8,10,13-14H2,1-3H3. The average molecular weight is 548 g/mol. The molecule has 2 aromatic rings. The fraction of sp³-hybridized carbons (Fsp3) is 0.407. The Hall–Kier alpha value is -3.65. The highest BCUT2D eigenvalue weighted by Crippen LogP contribution is 2.38. The topological polar surface area (TPSA) is 82.9 Å². The summed E-state index contributed by atoms with van der Waals surface area (Å²) < 4.78 is 50.8. The number of alkyl halides is 3. The second-order valence-corrected chi connectivity index (χ2v) is 9.62. The maximum Gasteiger partial charge on any atom is 0.417 e. The number of rotatable bonds is 10. The molecule has 1 amide bonds. The molecule has 1 aliphatic heterocycles. The molecule has 3 rings (SSSR count). The number of hydrogen-bond donors (Lipinski definition) is 0. The lowest BCUT2D eigenvalue weighted by atomic mass is 10.0. The number of carbonyl (C=O) groups is 2. The summed E-state index contributed by atoms with van der Waals surface area (Å²) in [4.78, 5) is 27.3.